The van der Waals surface area contributed by atoms with Crippen molar-refractivity contribution in [3.05, 3.63) is 0 Å². The minimum atomic E-state index is -0.555. The van der Waals surface area contributed by atoms with E-state index in [1.165, 1.54) is 51.4 Å². The topological polar surface area (TPSA) is 46.2 Å². The summed E-state index contributed by atoms with van der Waals surface area (Å²) in [6, 6.07) is 0. The molecule has 19 heavy (non-hydrogen) atoms. The summed E-state index contributed by atoms with van der Waals surface area (Å²) in [7, 11) is 0. The normalized spacial score (nSPS) is 36.9. The van der Waals surface area contributed by atoms with Crippen LogP contribution in [0.5, 0.6) is 0 Å². The van der Waals surface area contributed by atoms with E-state index < -0.39 is 5.60 Å². The zero-order valence-corrected chi connectivity index (χ0v) is 13.0. The molecule has 0 aromatic rings. The van der Waals surface area contributed by atoms with E-state index in [1.807, 2.05) is 0 Å². The monoisotopic (exact) mass is 267 g/mol. The number of aliphatic hydroxyl groups is 1. The minimum Gasteiger partial charge on any atom is -0.389 e. The van der Waals surface area contributed by atoms with Gasteiger partial charge in [-0.1, -0.05) is 32.6 Å². The van der Waals surface area contributed by atoms with Crippen LogP contribution in [0, 0.1) is 17.3 Å². The van der Waals surface area contributed by atoms with Gasteiger partial charge in [-0.15, -0.1) is 0 Å². The largest absolute Gasteiger partial charge is 0.389 e. The van der Waals surface area contributed by atoms with Crippen LogP contribution >= 0.6 is 0 Å². The van der Waals surface area contributed by atoms with Crippen molar-refractivity contribution in [1.29, 1.82) is 0 Å². The molecule has 2 heteroatoms. The van der Waals surface area contributed by atoms with Gasteiger partial charge in [0.25, 0.3) is 0 Å². The summed E-state index contributed by atoms with van der Waals surface area (Å²) in [4.78, 5) is 0. The molecular weight excluding hydrogens is 234 g/mol. The zero-order chi connectivity index (χ0) is 13.9. The van der Waals surface area contributed by atoms with E-state index in [2.05, 4.69) is 13.8 Å². The third-order valence-electron chi connectivity index (χ3n) is 6.50. The second-order valence-corrected chi connectivity index (χ2v) is 7.32. The Labute approximate surface area is 119 Å². The molecule has 0 aromatic heterocycles. The van der Waals surface area contributed by atoms with Crippen LogP contribution in [0.25, 0.3) is 0 Å². The lowest BCUT2D eigenvalue weighted by molar-refractivity contribution is -0.138. The fourth-order valence-electron chi connectivity index (χ4n) is 4.65. The van der Waals surface area contributed by atoms with Crippen molar-refractivity contribution in [1.82, 2.24) is 0 Å². The van der Waals surface area contributed by atoms with Gasteiger partial charge in [0.15, 0.2) is 0 Å². The van der Waals surface area contributed by atoms with Gasteiger partial charge >= 0.3 is 0 Å². The van der Waals surface area contributed by atoms with Crippen molar-refractivity contribution in [3.63, 3.8) is 0 Å². The molecule has 2 fully saturated rings. The Morgan fingerprint density at radius 1 is 1.11 bits per heavy atom. The van der Waals surface area contributed by atoms with E-state index in [-0.39, 0.29) is 5.41 Å². The standard InChI is InChI=1S/C17H33NO/c1-3-14-9-11-17(13-18,12-10-14)16(2,19)15-7-5-4-6-8-15/h14-15,19H,3-13,18H2,1-2H3. The summed E-state index contributed by atoms with van der Waals surface area (Å²) in [6.07, 6.45) is 12.4. The molecule has 0 amide bonds. The summed E-state index contributed by atoms with van der Waals surface area (Å²) < 4.78 is 0. The van der Waals surface area contributed by atoms with Gasteiger partial charge in [0.1, 0.15) is 0 Å². The van der Waals surface area contributed by atoms with Gasteiger partial charge in [0, 0.05) is 12.0 Å². The maximum atomic E-state index is 11.3. The van der Waals surface area contributed by atoms with E-state index in [1.54, 1.807) is 0 Å². The molecule has 0 spiro atoms. The highest BCUT2D eigenvalue weighted by atomic mass is 16.3. The molecular formula is C17H33NO. The highest BCUT2D eigenvalue weighted by molar-refractivity contribution is 5.03. The van der Waals surface area contributed by atoms with Crippen LogP contribution in [0.3, 0.4) is 0 Å². The maximum absolute atomic E-state index is 11.3. The maximum Gasteiger partial charge on any atom is 0.0715 e. The summed E-state index contributed by atoms with van der Waals surface area (Å²) in [6.45, 7) is 5.05. The first-order valence-corrected chi connectivity index (χ1v) is 8.48. The Bertz CT molecular complexity index is 273. The third-order valence-corrected chi connectivity index (χ3v) is 6.50. The van der Waals surface area contributed by atoms with E-state index in [9.17, 15) is 5.11 Å². The van der Waals surface area contributed by atoms with Crippen LogP contribution in [0.4, 0.5) is 0 Å². The fraction of sp³-hybridized carbons (Fsp3) is 1.00. The molecule has 0 aromatic carbocycles. The quantitative estimate of drug-likeness (QED) is 0.812. The van der Waals surface area contributed by atoms with E-state index in [4.69, 9.17) is 5.73 Å². The van der Waals surface area contributed by atoms with E-state index in [0.717, 1.165) is 18.8 Å². The van der Waals surface area contributed by atoms with Crippen LogP contribution in [0.1, 0.15) is 78.1 Å². The lowest BCUT2D eigenvalue weighted by Gasteiger charge is -2.53. The molecule has 2 nitrogen and oxygen atoms in total. The van der Waals surface area contributed by atoms with Crippen LogP contribution in [-0.4, -0.2) is 17.3 Å². The highest BCUT2D eigenvalue weighted by Gasteiger charge is 2.51. The van der Waals surface area contributed by atoms with Gasteiger partial charge in [0.2, 0.25) is 0 Å². The predicted molar refractivity (Wildman–Crippen MR) is 80.9 cm³/mol. The molecule has 2 aliphatic carbocycles. The Morgan fingerprint density at radius 3 is 2.16 bits per heavy atom. The van der Waals surface area contributed by atoms with Crippen LogP contribution in [-0.2, 0) is 0 Å². The number of nitrogens with two attached hydrogens (primary N) is 1. The average molecular weight is 267 g/mol. The average Bonchev–Trinajstić information content (AvgIpc) is 2.48. The van der Waals surface area contributed by atoms with Gasteiger partial charge in [0.05, 0.1) is 5.60 Å². The highest BCUT2D eigenvalue weighted by Crippen LogP contribution is 2.51. The van der Waals surface area contributed by atoms with E-state index in [0.29, 0.717) is 12.5 Å². The first-order valence-electron chi connectivity index (χ1n) is 8.48. The van der Waals surface area contributed by atoms with Gasteiger partial charge in [-0.05, 0) is 57.3 Å². The van der Waals surface area contributed by atoms with Crippen LogP contribution in [0.15, 0.2) is 0 Å². The second kappa shape index (κ2) is 6.13. The first-order chi connectivity index (χ1) is 9.05. The van der Waals surface area contributed by atoms with E-state index >= 15 is 0 Å². The van der Waals surface area contributed by atoms with Crippen molar-refractivity contribution in [2.45, 2.75) is 83.7 Å². The van der Waals surface area contributed by atoms with Gasteiger partial charge in [-0.25, -0.2) is 0 Å². The first kappa shape index (κ1) is 15.3. The lowest BCUT2D eigenvalue weighted by Crippen LogP contribution is -2.56. The smallest absolute Gasteiger partial charge is 0.0715 e. The minimum absolute atomic E-state index is 0.0132. The summed E-state index contributed by atoms with van der Waals surface area (Å²) in [5, 5.41) is 11.3. The molecule has 1 unspecified atom stereocenters. The summed E-state index contributed by atoms with van der Waals surface area (Å²) >= 11 is 0. The number of rotatable bonds is 4. The van der Waals surface area contributed by atoms with Crippen molar-refractivity contribution in [2.24, 2.45) is 23.0 Å². The van der Waals surface area contributed by atoms with Crippen molar-refractivity contribution in [2.75, 3.05) is 6.54 Å². The SMILES string of the molecule is CCC1CCC(CN)(C(C)(O)C2CCCCC2)CC1. The van der Waals surface area contributed by atoms with Crippen LogP contribution in [0.2, 0.25) is 0 Å². The second-order valence-electron chi connectivity index (χ2n) is 7.32. The van der Waals surface area contributed by atoms with Gasteiger partial charge in [-0.2, -0.15) is 0 Å². The molecule has 0 radical (unpaired) electrons. The Balaban J connectivity index is 2.10. The van der Waals surface area contributed by atoms with Gasteiger partial charge in [-0.3, -0.25) is 0 Å². The number of hydrogen-bond donors (Lipinski definition) is 2. The molecule has 2 saturated carbocycles. The molecule has 0 heterocycles. The van der Waals surface area contributed by atoms with Crippen LogP contribution < -0.4 is 5.73 Å². The third kappa shape index (κ3) is 2.85. The molecule has 3 N–H and O–H groups in total. The predicted octanol–water partition coefficient (Wildman–Crippen LogP) is 3.86. The Hall–Kier alpha value is -0.0800. The summed E-state index contributed by atoms with van der Waals surface area (Å²) in [5.41, 5.74) is 5.59. The molecule has 0 saturated heterocycles. The Kier molecular flexibility index (Phi) is 4.94. The summed E-state index contributed by atoms with van der Waals surface area (Å²) in [5.74, 6) is 1.34. The molecule has 1 atom stereocenters. The molecule has 2 aliphatic rings. The Morgan fingerprint density at radius 2 is 1.68 bits per heavy atom. The molecule has 0 aliphatic heterocycles. The molecule has 112 valence electrons. The zero-order valence-electron chi connectivity index (χ0n) is 13.0. The fourth-order valence-corrected chi connectivity index (χ4v) is 4.65. The van der Waals surface area contributed by atoms with Crippen molar-refractivity contribution < 1.29 is 5.11 Å². The van der Waals surface area contributed by atoms with Gasteiger partial charge < -0.3 is 10.8 Å². The lowest BCUT2D eigenvalue weighted by atomic mass is 9.56. The van der Waals surface area contributed by atoms with Crippen molar-refractivity contribution in [3.8, 4) is 0 Å². The number of hydrogen-bond acceptors (Lipinski definition) is 2. The molecule has 2 rings (SSSR count). The molecule has 0 bridgehead atoms. The van der Waals surface area contributed by atoms with Crippen molar-refractivity contribution >= 4 is 0 Å².